The first-order chi connectivity index (χ1) is 10.4. The van der Waals surface area contributed by atoms with Crippen molar-refractivity contribution in [1.82, 2.24) is 0 Å². The number of ether oxygens (including phenoxy) is 1. The summed E-state index contributed by atoms with van der Waals surface area (Å²) in [5.41, 5.74) is 0.451. The monoisotopic (exact) mass is 334 g/mol. The second kappa shape index (κ2) is 5.99. The SMILES string of the molecule is CC(C)(C)OC(=O)/C=C/c1ccc2c(c1)C(C)(O)CC(C)(C)S2. The molecule has 1 aliphatic rings. The van der Waals surface area contributed by atoms with E-state index in [1.807, 2.05) is 45.9 Å². The zero-order valence-electron chi connectivity index (χ0n) is 14.8. The number of fused-ring (bicyclic) bond motifs is 1. The van der Waals surface area contributed by atoms with Crippen molar-refractivity contribution in [3.8, 4) is 0 Å². The Hall–Kier alpha value is -1.26. The Morgan fingerprint density at radius 3 is 2.57 bits per heavy atom. The van der Waals surface area contributed by atoms with Gasteiger partial charge in [-0.1, -0.05) is 19.9 Å². The molecule has 3 nitrogen and oxygen atoms in total. The molecule has 0 saturated carbocycles. The fourth-order valence-corrected chi connectivity index (χ4v) is 4.39. The average Bonchev–Trinajstić information content (AvgIpc) is 2.32. The van der Waals surface area contributed by atoms with Crippen LogP contribution in [0, 0.1) is 0 Å². The molecule has 2 rings (SSSR count). The molecule has 0 aliphatic carbocycles. The quantitative estimate of drug-likeness (QED) is 0.638. The first-order valence-corrected chi connectivity index (χ1v) is 8.67. The number of thioether (sulfide) groups is 1. The number of hydrogen-bond donors (Lipinski definition) is 1. The van der Waals surface area contributed by atoms with E-state index < -0.39 is 11.2 Å². The minimum Gasteiger partial charge on any atom is -0.457 e. The number of rotatable bonds is 2. The van der Waals surface area contributed by atoms with Crippen LogP contribution in [0.15, 0.2) is 29.2 Å². The van der Waals surface area contributed by atoms with Crippen LogP contribution < -0.4 is 0 Å². The summed E-state index contributed by atoms with van der Waals surface area (Å²) in [7, 11) is 0. The number of carbonyl (C=O) groups excluding carboxylic acids is 1. The maximum Gasteiger partial charge on any atom is 0.331 e. The van der Waals surface area contributed by atoms with Crippen LogP contribution in [0.2, 0.25) is 0 Å². The summed E-state index contributed by atoms with van der Waals surface area (Å²) in [4.78, 5) is 12.9. The molecular formula is C19H26O3S. The van der Waals surface area contributed by atoms with Gasteiger partial charge in [0.1, 0.15) is 5.60 Å². The molecule has 0 radical (unpaired) electrons. The zero-order valence-corrected chi connectivity index (χ0v) is 15.6. The van der Waals surface area contributed by atoms with Gasteiger partial charge in [0.25, 0.3) is 0 Å². The Morgan fingerprint density at radius 1 is 1.30 bits per heavy atom. The summed E-state index contributed by atoms with van der Waals surface area (Å²) in [6.07, 6.45) is 3.85. The molecule has 0 saturated heterocycles. The topological polar surface area (TPSA) is 46.5 Å². The van der Waals surface area contributed by atoms with Crippen molar-refractivity contribution in [1.29, 1.82) is 0 Å². The maximum absolute atomic E-state index is 11.8. The van der Waals surface area contributed by atoms with Crippen LogP contribution in [0.3, 0.4) is 0 Å². The molecule has 1 atom stereocenters. The normalized spacial score (nSPS) is 23.6. The van der Waals surface area contributed by atoms with E-state index in [2.05, 4.69) is 13.8 Å². The fraction of sp³-hybridized carbons (Fsp3) is 0.526. The molecule has 1 unspecified atom stereocenters. The first kappa shape index (κ1) is 18.1. The third-order valence-corrected chi connectivity index (χ3v) is 4.83. The molecule has 23 heavy (non-hydrogen) atoms. The zero-order chi connectivity index (χ0) is 17.5. The summed E-state index contributed by atoms with van der Waals surface area (Å²) >= 11 is 1.78. The lowest BCUT2D eigenvalue weighted by Gasteiger charge is -2.40. The van der Waals surface area contributed by atoms with E-state index >= 15 is 0 Å². The van der Waals surface area contributed by atoms with Gasteiger partial charge in [0.15, 0.2) is 0 Å². The number of aliphatic hydroxyl groups is 1. The van der Waals surface area contributed by atoms with Crippen molar-refractivity contribution in [3.63, 3.8) is 0 Å². The largest absolute Gasteiger partial charge is 0.457 e. The molecule has 126 valence electrons. The van der Waals surface area contributed by atoms with Gasteiger partial charge in [-0.05, 0) is 63.5 Å². The molecule has 1 aromatic rings. The molecule has 0 spiro atoms. The minimum atomic E-state index is -0.861. The molecule has 1 N–H and O–H groups in total. The van der Waals surface area contributed by atoms with Crippen molar-refractivity contribution in [2.24, 2.45) is 0 Å². The van der Waals surface area contributed by atoms with E-state index in [-0.39, 0.29) is 10.7 Å². The summed E-state index contributed by atoms with van der Waals surface area (Å²) in [6, 6.07) is 5.94. The van der Waals surface area contributed by atoms with Gasteiger partial charge in [-0.25, -0.2) is 4.79 Å². The predicted molar refractivity (Wildman–Crippen MR) is 95.4 cm³/mol. The Kier molecular flexibility index (Phi) is 4.71. The van der Waals surface area contributed by atoms with Crippen molar-refractivity contribution in [2.75, 3.05) is 0 Å². The van der Waals surface area contributed by atoms with Gasteiger partial charge in [0, 0.05) is 15.7 Å². The van der Waals surface area contributed by atoms with E-state index in [0.717, 1.165) is 16.0 Å². The van der Waals surface area contributed by atoms with Crippen molar-refractivity contribution in [3.05, 3.63) is 35.4 Å². The van der Waals surface area contributed by atoms with Crippen LogP contribution in [0.1, 0.15) is 59.1 Å². The highest BCUT2D eigenvalue weighted by molar-refractivity contribution is 8.00. The van der Waals surface area contributed by atoms with E-state index in [9.17, 15) is 9.90 Å². The van der Waals surface area contributed by atoms with E-state index in [1.54, 1.807) is 17.8 Å². The number of benzene rings is 1. The summed E-state index contributed by atoms with van der Waals surface area (Å²) < 4.78 is 5.27. The fourth-order valence-electron chi connectivity index (χ4n) is 2.92. The standard InChI is InChI=1S/C19H26O3S/c1-17(2,3)22-16(20)10-8-13-7-9-15-14(11-13)19(6,21)12-18(4,5)23-15/h7-11,21H,12H2,1-6H3/b10-8+. The van der Waals surface area contributed by atoms with Crippen LogP contribution in [0.5, 0.6) is 0 Å². The van der Waals surface area contributed by atoms with Gasteiger partial charge in [-0.15, -0.1) is 11.8 Å². The van der Waals surface area contributed by atoms with Crippen LogP contribution in [0.4, 0.5) is 0 Å². The lowest BCUT2D eigenvalue weighted by Crippen LogP contribution is -2.35. The highest BCUT2D eigenvalue weighted by Crippen LogP contribution is 2.50. The molecule has 0 bridgehead atoms. The lowest BCUT2D eigenvalue weighted by molar-refractivity contribution is -0.148. The number of carbonyl (C=O) groups is 1. The van der Waals surface area contributed by atoms with Gasteiger partial charge in [0.05, 0.1) is 5.60 Å². The van der Waals surface area contributed by atoms with Crippen molar-refractivity contribution < 1.29 is 14.6 Å². The smallest absolute Gasteiger partial charge is 0.331 e. The summed E-state index contributed by atoms with van der Waals surface area (Å²) in [5.74, 6) is -0.363. The Bertz CT molecular complexity index is 637. The van der Waals surface area contributed by atoms with Crippen molar-refractivity contribution >= 4 is 23.8 Å². The lowest BCUT2D eigenvalue weighted by atomic mass is 9.85. The van der Waals surface area contributed by atoms with Crippen molar-refractivity contribution in [2.45, 2.75) is 68.8 Å². The third-order valence-electron chi connectivity index (χ3n) is 3.56. The van der Waals surface area contributed by atoms with E-state index in [4.69, 9.17) is 4.74 Å². The van der Waals surface area contributed by atoms with Gasteiger partial charge in [-0.3, -0.25) is 0 Å². The second-order valence-corrected chi connectivity index (χ2v) is 9.68. The molecule has 4 heteroatoms. The molecule has 0 fully saturated rings. The first-order valence-electron chi connectivity index (χ1n) is 7.85. The van der Waals surface area contributed by atoms with Gasteiger partial charge in [0.2, 0.25) is 0 Å². The van der Waals surface area contributed by atoms with Crippen LogP contribution in [0.25, 0.3) is 6.08 Å². The average molecular weight is 334 g/mol. The third kappa shape index (κ3) is 4.85. The van der Waals surface area contributed by atoms with Gasteiger partial charge >= 0.3 is 5.97 Å². The Balaban J connectivity index is 2.23. The second-order valence-electron chi connectivity index (χ2n) is 7.93. The van der Waals surface area contributed by atoms with Crippen LogP contribution in [-0.2, 0) is 15.1 Å². The number of hydrogen-bond acceptors (Lipinski definition) is 4. The molecule has 1 aliphatic heterocycles. The van der Waals surface area contributed by atoms with E-state index in [1.165, 1.54) is 6.08 Å². The summed E-state index contributed by atoms with van der Waals surface area (Å²) in [6.45, 7) is 11.7. The highest BCUT2D eigenvalue weighted by Gasteiger charge is 2.39. The minimum absolute atomic E-state index is 0.00434. The number of esters is 1. The van der Waals surface area contributed by atoms with Crippen LogP contribution >= 0.6 is 11.8 Å². The Morgan fingerprint density at radius 2 is 1.96 bits per heavy atom. The predicted octanol–water partition coefficient (Wildman–Crippen LogP) is 4.52. The molecular weight excluding hydrogens is 308 g/mol. The molecule has 0 aromatic heterocycles. The van der Waals surface area contributed by atoms with Crippen LogP contribution in [-0.4, -0.2) is 21.4 Å². The highest BCUT2D eigenvalue weighted by atomic mass is 32.2. The Labute approximate surface area is 143 Å². The van der Waals surface area contributed by atoms with E-state index in [0.29, 0.717) is 6.42 Å². The maximum atomic E-state index is 11.8. The molecule has 1 heterocycles. The van der Waals surface area contributed by atoms with Gasteiger partial charge < -0.3 is 9.84 Å². The molecule has 0 amide bonds. The van der Waals surface area contributed by atoms with Gasteiger partial charge in [-0.2, -0.15) is 0 Å². The summed E-state index contributed by atoms with van der Waals surface area (Å²) in [5, 5.41) is 10.8. The molecule has 1 aromatic carbocycles.